The molecule has 0 bridgehead atoms. The summed E-state index contributed by atoms with van der Waals surface area (Å²) in [4.78, 5) is 0. The third-order valence-electron chi connectivity index (χ3n) is 8.07. The molecule has 4 unspecified atom stereocenters. The van der Waals surface area contributed by atoms with Gasteiger partial charge in [0.15, 0.2) is 0 Å². The number of rotatable bonds is 3. The van der Waals surface area contributed by atoms with Gasteiger partial charge in [-0.2, -0.15) is 0 Å². The lowest BCUT2D eigenvalue weighted by atomic mass is 9.92. The Bertz CT molecular complexity index is 685. The lowest BCUT2D eigenvalue weighted by molar-refractivity contribution is 0.552. The predicted molar refractivity (Wildman–Crippen MR) is 114 cm³/mol. The van der Waals surface area contributed by atoms with E-state index in [0.29, 0.717) is 0 Å². The molecule has 0 aromatic heterocycles. The van der Waals surface area contributed by atoms with Crippen LogP contribution in [0.2, 0.25) is 17.6 Å². The zero-order valence-corrected chi connectivity index (χ0v) is 16.8. The van der Waals surface area contributed by atoms with Crippen LogP contribution in [0.25, 0.3) is 0 Å². The number of hydrogen-bond acceptors (Lipinski definition) is 0. The van der Waals surface area contributed by atoms with Gasteiger partial charge in [-0.15, -0.1) is 0 Å². The normalized spacial score (nSPS) is 39.6. The quantitative estimate of drug-likeness (QED) is 0.580. The Balaban J connectivity index is 1.50. The standard InChI is InChI=1S/C25H30Si/c1-26(23-13-3-2-4-14-23,24-15-19-9-5-6-10-20(19)16-24)25-17-21-11-7-8-12-22(21)18-25/h2-14,19-22,24-25H,15-18H2,1H3. The van der Waals surface area contributed by atoms with Crippen molar-refractivity contribution in [3.63, 3.8) is 0 Å². The molecular weight excluding hydrogens is 328 g/mol. The fourth-order valence-electron chi connectivity index (χ4n) is 6.50. The summed E-state index contributed by atoms with van der Waals surface area (Å²) in [5, 5.41) is 1.72. The fourth-order valence-corrected chi connectivity index (χ4v) is 12.1. The molecule has 0 N–H and O–H groups in total. The molecule has 4 aliphatic rings. The van der Waals surface area contributed by atoms with Crippen LogP contribution in [0.1, 0.15) is 25.7 Å². The molecule has 0 amide bonds. The summed E-state index contributed by atoms with van der Waals surface area (Å²) in [6, 6.07) is 11.7. The van der Waals surface area contributed by atoms with E-state index in [9.17, 15) is 0 Å². The average Bonchev–Trinajstić information content (AvgIpc) is 3.32. The summed E-state index contributed by atoms with van der Waals surface area (Å²) in [5.74, 6) is 3.18. The van der Waals surface area contributed by atoms with Gasteiger partial charge in [-0.05, 0) is 60.4 Å². The highest BCUT2D eigenvalue weighted by molar-refractivity contribution is 6.93. The van der Waals surface area contributed by atoms with Crippen LogP contribution < -0.4 is 5.19 Å². The van der Waals surface area contributed by atoms with Crippen molar-refractivity contribution in [3.8, 4) is 0 Å². The number of fused-ring (bicyclic) bond motifs is 2. The van der Waals surface area contributed by atoms with Crippen LogP contribution in [0.5, 0.6) is 0 Å². The lowest BCUT2D eigenvalue weighted by Crippen LogP contribution is -2.52. The van der Waals surface area contributed by atoms with Crippen molar-refractivity contribution in [3.05, 3.63) is 78.9 Å². The highest BCUT2D eigenvalue weighted by atomic mass is 28.3. The molecule has 5 rings (SSSR count). The minimum atomic E-state index is -1.57. The van der Waals surface area contributed by atoms with Crippen LogP contribution >= 0.6 is 0 Å². The molecule has 2 saturated carbocycles. The molecule has 0 nitrogen and oxygen atoms in total. The van der Waals surface area contributed by atoms with E-state index in [0.717, 1.165) is 34.8 Å². The van der Waals surface area contributed by atoms with Crippen molar-refractivity contribution < 1.29 is 0 Å². The van der Waals surface area contributed by atoms with Gasteiger partial charge in [-0.1, -0.05) is 90.7 Å². The first-order valence-corrected chi connectivity index (χ1v) is 13.2. The van der Waals surface area contributed by atoms with Crippen LogP contribution in [0.4, 0.5) is 0 Å². The molecule has 2 fully saturated rings. The maximum Gasteiger partial charge on any atom is 0.0898 e. The summed E-state index contributed by atoms with van der Waals surface area (Å²) in [6.45, 7) is 2.74. The Labute approximate surface area is 159 Å². The van der Waals surface area contributed by atoms with Gasteiger partial charge in [0.25, 0.3) is 0 Å². The van der Waals surface area contributed by atoms with E-state index in [-0.39, 0.29) is 0 Å². The summed E-state index contributed by atoms with van der Waals surface area (Å²) in [5.41, 5.74) is 1.84. The van der Waals surface area contributed by atoms with E-state index in [1.807, 2.05) is 0 Å². The molecule has 0 spiro atoms. The van der Waals surface area contributed by atoms with Crippen LogP contribution in [0.15, 0.2) is 78.9 Å². The van der Waals surface area contributed by atoms with E-state index in [1.165, 1.54) is 25.7 Å². The van der Waals surface area contributed by atoms with Gasteiger partial charge < -0.3 is 0 Å². The molecule has 0 radical (unpaired) electrons. The van der Waals surface area contributed by atoms with E-state index >= 15 is 0 Å². The Morgan fingerprint density at radius 3 is 1.38 bits per heavy atom. The molecule has 1 heteroatoms. The molecule has 4 atom stereocenters. The zero-order valence-electron chi connectivity index (χ0n) is 15.8. The van der Waals surface area contributed by atoms with E-state index < -0.39 is 8.07 Å². The van der Waals surface area contributed by atoms with Crippen molar-refractivity contribution in [1.29, 1.82) is 0 Å². The Morgan fingerprint density at radius 2 is 1.00 bits per heavy atom. The molecule has 0 saturated heterocycles. The number of benzene rings is 1. The Hall–Kier alpha value is -1.60. The zero-order chi connectivity index (χ0) is 17.6. The van der Waals surface area contributed by atoms with Crippen molar-refractivity contribution in [2.75, 3.05) is 0 Å². The second-order valence-electron chi connectivity index (χ2n) is 9.18. The Morgan fingerprint density at radius 1 is 0.615 bits per heavy atom. The molecule has 1 aromatic rings. The monoisotopic (exact) mass is 358 g/mol. The van der Waals surface area contributed by atoms with Crippen molar-refractivity contribution >= 4 is 13.3 Å². The van der Waals surface area contributed by atoms with Gasteiger partial charge in [0.05, 0.1) is 8.07 Å². The number of allylic oxidation sites excluding steroid dienone is 8. The second kappa shape index (κ2) is 6.53. The minimum Gasteiger partial charge on any atom is -0.0808 e. The molecule has 134 valence electrons. The summed E-state index contributed by atoms with van der Waals surface area (Å²) < 4.78 is 0. The van der Waals surface area contributed by atoms with Gasteiger partial charge in [-0.25, -0.2) is 0 Å². The molecule has 1 aromatic carbocycles. The van der Waals surface area contributed by atoms with Crippen LogP contribution in [-0.4, -0.2) is 8.07 Å². The SMILES string of the molecule is C[Si](c1ccccc1)(C1CC2C=CC=CC2C1)C1CC2C=CC=CC2C1. The van der Waals surface area contributed by atoms with Gasteiger partial charge >= 0.3 is 0 Å². The first kappa shape index (κ1) is 16.6. The highest BCUT2D eigenvalue weighted by Crippen LogP contribution is 2.56. The van der Waals surface area contributed by atoms with Crippen LogP contribution in [0.3, 0.4) is 0 Å². The van der Waals surface area contributed by atoms with Gasteiger partial charge in [0, 0.05) is 0 Å². The third kappa shape index (κ3) is 2.63. The molecule has 0 aliphatic heterocycles. The van der Waals surface area contributed by atoms with E-state index in [4.69, 9.17) is 0 Å². The molecule has 26 heavy (non-hydrogen) atoms. The second-order valence-corrected chi connectivity index (χ2v) is 14.0. The average molecular weight is 359 g/mol. The molecular formula is C25H30Si. The first-order valence-electron chi connectivity index (χ1n) is 10.5. The lowest BCUT2D eigenvalue weighted by Gasteiger charge is -2.40. The first-order chi connectivity index (χ1) is 12.7. The van der Waals surface area contributed by atoms with Gasteiger partial charge in [0.2, 0.25) is 0 Å². The third-order valence-corrected chi connectivity index (χ3v) is 14.0. The molecule has 4 aliphatic carbocycles. The van der Waals surface area contributed by atoms with Crippen molar-refractivity contribution in [2.45, 2.75) is 43.3 Å². The summed E-state index contributed by atoms with van der Waals surface area (Å²) in [6.07, 6.45) is 24.8. The maximum absolute atomic E-state index is 2.74. The summed E-state index contributed by atoms with van der Waals surface area (Å²) in [7, 11) is -1.57. The molecule has 0 heterocycles. The van der Waals surface area contributed by atoms with Gasteiger partial charge in [-0.3, -0.25) is 0 Å². The van der Waals surface area contributed by atoms with E-state index in [1.54, 1.807) is 5.19 Å². The summed E-state index contributed by atoms with van der Waals surface area (Å²) >= 11 is 0. The van der Waals surface area contributed by atoms with Crippen molar-refractivity contribution in [2.24, 2.45) is 23.7 Å². The predicted octanol–water partition coefficient (Wildman–Crippen LogP) is 6.02. The fraction of sp³-hybridized carbons (Fsp3) is 0.440. The minimum absolute atomic E-state index is 0.795. The maximum atomic E-state index is 2.74. The van der Waals surface area contributed by atoms with E-state index in [2.05, 4.69) is 85.5 Å². The van der Waals surface area contributed by atoms with Gasteiger partial charge in [0.1, 0.15) is 0 Å². The van der Waals surface area contributed by atoms with Crippen LogP contribution in [-0.2, 0) is 0 Å². The largest absolute Gasteiger partial charge is 0.0898 e. The Kier molecular flexibility index (Phi) is 4.16. The van der Waals surface area contributed by atoms with Crippen LogP contribution in [0, 0.1) is 23.7 Å². The topological polar surface area (TPSA) is 0 Å². The highest BCUT2D eigenvalue weighted by Gasteiger charge is 2.52. The number of hydrogen-bond donors (Lipinski definition) is 0. The van der Waals surface area contributed by atoms with Crippen molar-refractivity contribution in [1.82, 2.24) is 0 Å². The smallest absolute Gasteiger partial charge is 0.0808 e.